The lowest BCUT2D eigenvalue weighted by molar-refractivity contribution is -0.148. The molecule has 0 aliphatic carbocycles. The molecule has 3 nitrogen and oxygen atoms in total. The summed E-state index contributed by atoms with van der Waals surface area (Å²) in [7, 11) is 0. The Labute approximate surface area is 85.4 Å². The van der Waals surface area contributed by atoms with Crippen molar-refractivity contribution in [1.82, 2.24) is 4.90 Å². The molecule has 0 aromatic carbocycles. The molecule has 3 aliphatic rings. The van der Waals surface area contributed by atoms with Crippen LogP contribution in [0.15, 0.2) is 0 Å². The number of rotatable bonds is 3. The summed E-state index contributed by atoms with van der Waals surface area (Å²) in [6.45, 7) is 5.93. The molecule has 3 heterocycles. The molecule has 3 fully saturated rings. The Hall–Kier alpha value is -0.570. The van der Waals surface area contributed by atoms with Crippen molar-refractivity contribution in [1.29, 1.82) is 0 Å². The summed E-state index contributed by atoms with van der Waals surface area (Å²) in [5, 5.41) is 0. The molecule has 14 heavy (non-hydrogen) atoms. The van der Waals surface area contributed by atoms with Crippen molar-refractivity contribution in [3.63, 3.8) is 0 Å². The number of piperidine rings is 3. The lowest BCUT2D eigenvalue weighted by Gasteiger charge is -2.48. The maximum absolute atomic E-state index is 11.5. The highest BCUT2D eigenvalue weighted by molar-refractivity contribution is 5.70. The summed E-state index contributed by atoms with van der Waals surface area (Å²) < 4.78 is 5.04. The number of esters is 1. The van der Waals surface area contributed by atoms with Gasteiger partial charge in [-0.25, -0.2) is 0 Å². The zero-order valence-electron chi connectivity index (χ0n) is 8.92. The molecule has 0 unspecified atom stereocenters. The van der Waals surface area contributed by atoms with Crippen molar-refractivity contribution in [2.45, 2.75) is 32.6 Å². The number of carbonyl (C=O) groups is 1. The minimum atomic E-state index is 0.00264. The molecule has 0 amide bonds. The summed E-state index contributed by atoms with van der Waals surface area (Å²) in [5.41, 5.74) is 0.293. The van der Waals surface area contributed by atoms with E-state index in [1.54, 1.807) is 0 Å². The quantitative estimate of drug-likeness (QED) is 0.641. The third-order valence-corrected chi connectivity index (χ3v) is 3.70. The Morgan fingerprint density at radius 3 is 2.36 bits per heavy atom. The van der Waals surface area contributed by atoms with Gasteiger partial charge in [-0.3, -0.25) is 4.79 Å². The van der Waals surface area contributed by atoms with E-state index in [-0.39, 0.29) is 5.97 Å². The maximum atomic E-state index is 11.5. The number of hydrogen-bond donors (Lipinski definition) is 0. The van der Waals surface area contributed by atoms with Crippen LogP contribution in [-0.4, -0.2) is 37.1 Å². The normalized spacial score (nSPS) is 35.6. The van der Waals surface area contributed by atoms with E-state index in [0.717, 1.165) is 0 Å². The zero-order valence-corrected chi connectivity index (χ0v) is 8.92. The van der Waals surface area contributed by atoms with E-state index in [4.69, 9.17) is 4.74 Å². The van der Waals surface area contributed by atoms with Crippen LogP contribution in [0.4, 0.5) is 0 Å². The van der Waals surface area contributed by atoms with E-state index in [1.807, 2.05) is 6.92 Å². The average Bonchev–Trinajstić information content (AvgIpc) is 2.20. The summed E-state index contributed by atoms with van der Waals surface area (Å²) in [6.07, 6.45) is 4.21. The second kappa shape index (κ2) is 3.89. The summed E-state index contributed by atoms with van der Waals surface area (Å²) in [6, 6.07) is 0. The fourth-order valence-electron chi connectivity index (χ4n) is 2.68. The average molecular weight is 197 g/mol. The fourth-order valence-corrected chi connectivity index (χ4v) is 2.68. The van der Waals surface area contributed by atoms with Crippen molar-refractivity contribution in [3.8, 4) is 0 Å². The molecule has 3 saturated heterocycles. The Kier molecular flexibility index (Phi) is 2.77. The van der Waals surface area contributed by atoms with Crippen LogP contribution in [0, 0.1) is 5.41 Å². The van der Waals surface area contributed by atoms with E-state index in [0.29, 0.717) is 18.4 Å². The van der Waals surface area contributed by atoms with Crippen molar-refractivity contribution in [2.24, 2.45) is 5.41 Å². The third-order valence-electron chi connectivity index (χ3n) is 3.70. The SMILES string of the molecule is CCOC(=O)CC12CCN(CC1)CC2. The molecule has 80 valence electrons. The molecule has 0 N–H and O–H groups in total. The number of hydrogen-bond acceptors (Lipinski definition) is 3. The molecule has 3 heteroatoms. The Bertz CT molecular complexity index is 206. The van der Waals surface area contributed by atoms with Crippen LogP contribution in [0.1, 0.15) is 32.6 Å². The number of nitrogens with zero attached hydrogens (tertiary/aromatic N) is 1. The van der Waals surface area contributed by atoms with Crippen LogP contribution in [0.25, 0.3) is 0 Å². The second-order valence-corrected chi connectivity index (χ2v) is 4.57. The molecular formula is C11H19NO2. The van der Waals surface area contributed by atoms with Gasteiger partial charge in [0.25, 0.3) is 0 Å². The zero-order chi connectivity index (χ0) is 10.0. The molecule has 2 bridgehead atoms. The first-order valence-corrected chi connectivity index (χ1v) is 5.62. The first-order chi connectivity index (χ1) is 6.74. The topological polar surface area (TPSA) is 29.5 Å². The molecule has 0 aromatic rings. The van der Waals surface area contributed by atoms with Gasteiger partial charge in [0.1, 0.15) is 0 Å². The second-order valence-electron chi connectivity index (χ2n) is 4.57. The minimum Gasteiger partial charge on any atom is -0.466 e. The Morgan fingerprint density at radius 1 is 1.29 bits per heavy atom. The van der Waals surface area contributed by atoms with Crippen molar-refractivity contribution in [3.05, 3.63) is 0 Å². The number of ether oxygens (including phenoxy) is 1. The lowest BCUT2D eigenvalue weighted by Crippen LogP contribution is -2.49. The maximum Gasteiger partial charge on any atom is 0.306 e. The van der Waals surface area contributed by atoms with Gasteiger partial charge in [-0.05, 0) is 51.2 Å². The number of fused-ring (bicyclic) bond motifs is 3. The van der Waals surface area contributed by atoms with E-state index < -0.39 is 0 Å². The van der Waals surface area contributed by atoms with Crippen LogP contribution < -0.4 is 0 Å². The lowest BCUT2D eigenvalue weighted by atomic mass is 9.70. The van der Waals surface area contributed by atoms with E-state index in [2.05, 4.69) is 4.90 Å². The number of carbonyl (C=O) groups excluding carboxylic acids is 1. The molecule has 0 aromatic heterocycles. The summed E-state index contributed by atoms with van der Waals surface area (Å²) in [4.78, 5) is 13.9. The smallest absolute Gasteiger partial charge is 0.306 e. The van der Waals surface area contributed by atoms with Gasteiger partial charge in [-0.1, -0.05) is 0 Å². The predicted molar refractivity (Wildman–Crippen MR) is 54.0 cm³/mol. The van der Waals surface area contributed by atoms with Gasteiger partial charge in [0.2, 0.25) is 0 Å². The van der Waals surface area contributed by atoms with Crippen LogP contribution in [0.2, 0.25) is 0 Å². The molecular weight excluding hydrogens is 178 g/mol. The van der Waals surface area contributed by atoms with Crippen molar-refractivity contribution in [2.75, 3.05) is 26.2 Å². The Balaban J connectivity index is 1.91. The summed E-state index contributed by atoms with van der Waals surface area (Å²) in [5.74, 6) is 0.00264. The molecule has 3 aliphatic heterocycles. The monoisotopic (exact) mass is 197 g/mol. The van der Waals surface area contributed by atoms with Gasteiger partial charge in [0.15, 0.2) is 0 Å². The van der Waals surface area contributed by atoms with E-state index >= 15 is 0 Å². The standard InChI is InChI=1S/C11H19NO2/c1-2-14-10(13)9-11-3-6-12(7-4-11)8-5-11/h2-9H2,1H3. The first-order valence-electron chi connectivity index (χ1n) is 5.62. The molecule has 0 spiro atoms. The molecule has 0 atom stereocenters. The molecule has 0 saturated carbocycles. The fraction of sp³-hybridized carbons (Fsp3) is 0.909. The highest BCUT2D eigenvalue weighted by Crippen LogP contribution is 2.42. The van der Waals surface area contributed by atoms with Crippen LogP contribution in [0.5, 0.6) is 0 Å². The van der Waals surface area contributed by atoms with Crippen LogP contribution in [-0.2, 0) is 9.53 Å². The van der Waals surface area contributed by atoms with Gasteiger partial charge in [0.05, 0.1) is 13.0 Å². The van der Waals surface area contributed by atoms with Crippen LogP contribution >= 0.6 is 0 Å². The van der Waals surface area contributed by atoms with Crippen molar-refractivity contribution < 1.29 is 9.53 Å². The first kappa shape index (κ1) is 9.97. The highest BCUT2D eigenvalue weighted by atomic mass is 16.5. The predicted octanol–water partition coefficient (Wildman–Crippen LogP) is 1.43. The summed E-state index contributed by atoms with van der Waals surface area (Å²) >= 11 is 0. The van der Waals surface area contributed by atoms with Crippen molar-refractivity contribution >= 4 is 5.97 Å². The van der Waals surface area contributed by atoms with Gasteiger partial charge in [-0.2, -0.15) is 0 Å². The Morgan fingerprint density at radius 2 is 1.86 bits per heavy atom. The van der Waals surface area contributed by atoms with E-state index in [1.165, 1.54) is 38.9 Å². The van der Waals surface area contributed by atoms with Gasteiger partial charge in [-0.15, -0.1) is 0 Å². The molecule has 0 radical (unpaired) electrons. The van der Waals surface area contributed by atoms with Gasteiger partial charge >= 0.3 is 5.97 Å². The van der Waals surface area contributed by atoms with Gasteiger partial charge < -0.3 is 9.64 Å². The largest absolute Gasteiger partial charge is 0.466 e. The van der Waals surface area contributed by atoms with E-state index in [9.17, 15) is 4.79 Å². The third kappa shape index (κ3) is 1.92. The highest BCUT2D eigenvalue weighted by Gasteiger charge is 2.40. The van der Waals surface area contributed by atoms with Crippen LogP contribution in [0.3, 0.4) is 0 Å². The van der Waals surface area contributed by atoms with Gasteiger partial charge in [0, 0.05) is 0 Å². The molecule has 3 rings (SSSR count). The minimum absolute atomic E-state index is 0.00264.